The maximum Gasteiger partial charge on any atom is 0.185 e. The number of aliphatic hydroxyl groups is 1. The summed E-state index contributed by atoms with van der Waals surface area (Å²) in [5.41, 5.74) is 2.34. The fourth-order valence-electron chi connectivity index (χ4n) is 2.71. The molecule has 1 aromatic heterocycles. The molecule has 1 aromatic rings. The molecule has 0 spiro atoms. The van der Waals surface area contributed by atoms with Gasteiger partial charge < -0.3 is 5.11 Å². The van der Waals surface area contributed by atoms with Crippen LogP contribution in [0, 0.1) is 0 Å². The summed E-state index contributed by atoms with van der Waals surface area (Å²) in [5, 5.41) is 16.6. The molecule has 124 valence electrons. The van der Waals surface area contributed by atoms with E-state index in [1.54, 1.807) is 40.1 Å². The van der Waals surface area contributed by atoms with E-state index < -0.39 is 5.60 Å². The third-order valence-electron chi connectivity index (χ3n) is 4.36. The average Bonchev–Trinajstić information content (AvgIpc) is 2.98. The van der Waals surface area contributed by atoms with Crippen LogP contribution >= 0.6 is 0 Å². The summed E-state index contributed by atoms with van der Waals surface area (Å²) in [6, 6.07) is 0. The molecule has 5 heteroatoms. The number of aryl methyl sites for hydroxylation is 1. The maximum atomic E-state index is 12.6. The number of Topliss-reactive ketones (excluding diaryl/α,β-unsaturated/α-hetero) is 2. The Labute approximate surface area is 136 Å². The van der Waals surface area contributed by atoms with Crippen molar-refractivity contribution >= 4 is 11.6 Å². The minimum Gasteiger partial charge on any atom is -0.390 e. The summed E-state index contributed by atoms with van der Waals surface area (Å²) in [6.45, 7) is 6.83. The molecule has 0 aromatic carbocycles. The molecule has 0 aliphatic heterocycles. The topological polar surface area (TPSA) is 83.0 Å². The quantitative estimate of drug-likeness (QED) is 0.790. The van der Waals surface area contributed by atoms with Crippen molar-refractivity contribution in [2.75, 3.05) is 0 Å². The van der Waals surface area contributed by atoms with E-state index in [-0.39, 0.29) is 11.6 Å². The number of aromatic nitrogens is 2. The number of allylic oxidation sites excluding steroid dienone is 4. The first-order valence-electron chi connectivity index (χ1n) is 7.89. The van der Waals surface area contributed by atoms with Crippen LogP contribution in [0.15, 0.2) is 34.7 Å². The Morgan fingerprint density at radius 1 is 1.04 bits per heavy atom. The lowest BCUT2D eigenvalue weighted by Gasteiger charge is -2.23. The molecular formula is C18H24N2O3. The molecule has 0 bridgehead atoms. The number of ketones is 2. The van der Waals surface area contributed by atoms with Crippen LogP contribution in [0.1, 0.15) is 52.5 Å². The van der Waals surface area contributed by atoms with Gasteiger partial charge in [0.25, 0.3) is 0 Å². The lowest BCUT2D eigenvalue weighted by Crippen LogP contribution is -2.25. The standard InChI is InChI=1S/C18H24N2O3/c1-11-12(2)17(22)15(7-8-18(3,4)23)14(16(11)21)6-5-13-9-19-20-10-13/h9-10,23H,5-8H2,1-4H3,(H,19,20). The predicted octanol–water partition coefficient (Wildman–Crippen LogP) is 2.68. The highest BCUT2D eigenvalue weighted by atomic mass is 16.3. The van der Waals surface area contributed by atoms with Crippen LogP contribution in [0.3, 0.4) is 0 Å². The monoisotopic (exact) mass is 316 g/mol. The zero-order valence-corrected chi connectivity index (χ0v) is 14.2. The predicted molar refractivity (Wildman–Crippen MR) is 87.9 cm³/mol. The molecule has 2 N–H and O–H groups in total. The van der Waals surface area contributed by atoms with E-state index in [2.05, 4.69) is 10.2 Å². The molecule has 0 atom stereocenters. The van der Waals surface area contributed by atoms with E-state index in [9.17, 15) is 14.7 Å². The average molecular weight is 316 g/mol. The number of aromatic amines is 1. The van der Waals surface area contributed by atoms with E-state index in [1.807, 2.05) is 0 Å². The lowest BCUT2D eigenvalue weighted by atomic mass is 9.80. The van der Waals surface area contributed by atoms with Crippen LogP contribution in [-0.2, 0) is 16.0 Å². The van der Waals surface area contributed by atoms with Gasteiger partial charge in [-0.15, -0.1) is 0 Å². The fraction of sp³-hybridized carbons (Fsp3) is 0.500. The first-order chi connectivity index (χ1) is 10.7. The van der Waals surface area contributed by atoms with Crippen LogP contribution in [-0.4, -0.2) is 32.5 Å². The summed E-state index contributed by atoms with van der Waals surface area (Å²) in [4.78, 5) is 25.2. The first-order valence-corrected chi connectivity index (χ1v) is 7.89. The van der Waals surface area contributed by atoms with Crippen LogP contribution in [0.4, 0.5) is 0 Å². The molecule has 1 heterocycles. The van der Waals surface area contributed by atoms with E-state index in [4.69, 9.17) is 0 Å². The van der Waals surface area contributed by atoms with Crippen molar-refractivity contribution in [2.45, 2.75) is 59.0 Å². The number of nitrogens with zero attached hydrogens (tertiary/aromatic N) is 1. The normalized spacial score (nSPS) is 16.6. The van der Waals surface area contributed by atoms with E-state index >= 15 is 0 Å². The Kier molecular flexibility index (Phi) is 5.00. The molecular weight excluding hydrogens is 292 g/mol. The number of nitrogens with one attached hydrogen (secondary N) is 1. The van der Waals surface area contributed by atoms with Crippen LogP contribution in [0.25, 0.3) is 0 Å². The Balaban J connectivity index is 2.28. The van der Waals surface area contributed by atoms with Crippen LogP contribution in [0.2, 0.25) is 0 Å². The number of rotatable bonds is 6. The zero-order valence-electron chi connectivity index (χ0n) is 14.2. The van der Waals surface area contributed by atoms with Gasteiger partial charge in [-0.2, -0.15) is 5.10 Å². The highest BCUT2D eigenvalue weighted by Crippen LogP contribution is 2.31. The minimum atomic E-state index is -0.865. The third-order valence-corrected chi connectivity index (χ3v) is 4.36. The van der Waals surface area contributed by atoms with E-state index in [0.717, 1.165) is 5.56 Å². The van der Waals surface area contributed by atoms with Crippen molar-refractivity contribution in [1.29, 1.82) is 0 Å². The second kappa shape index (κ2) is 6.62. The van der Waals surface area contributed by atoms with Gasteiger partial charge in [0.1, 0.15) is 0 Å². The number of hydrogen-bond acceptors (Lipinski definition) is 4. The Hall–Kier alpha value is -2.01. The highest BCUT2D eigenvalue weighted by Gasteiger charge is 2.30. The molecule has 2 rings (SSSR count). The van der Waals surface area contributed by atoms with Gasteiger partial charge in [-0.1, -0.05) is 0 Å². The molecule has 0 radical (unpaired) electrons. The Morgan fingerprint density at radius 3 is 2.09 bits per heavy atom. The molecule has 0 amide bonds. The third kappa shape index (κ3) is 4.05. The molecule has 1 aliphatic carbocycles. The second-order valence-electron chi connectivity index (χ2n) is 6.78. The van der Waals surface area contributed by atoms with Crippen molar-refractivity contribution in [2.24, 2.45) is 0 Å². The summed E-state index contributed by atoms with van der Waals surface area (Å²) < 4.78 is 0. The maximum absolute atomic E-state index is 12.6. The van der Waals surface area contributed by atoms with Crippen LogP contribution in [0.5, 0.6) is 0 Å². The molecule has 0 fully saturated rings. The Morgan fingerprint density at radius 2 is 1.61 bits per heavy atom. The van der Waals surface area contributed by atoms with E-state index in [1.165, 1.54) is 0 Å². The number of carbonyl (C=O) groups excluding carboxylic acids is 2. The minimum absolute atomic E-state index is 0.0451. The Bertz CT molecular complexity index is 674. The highest BCUT2D eigenvalue weighted by molar-refractivity contribution is 6.24. The molecule has 0 saturated heterocycles. The summed E-state index contributed by atoms with van der Waals surface area (Å²) in [5.74, 6) is -0.107. The first kappa shape index (κ1) is 17.3. The zero-order chi connectivity index (χ0) is 17.2. The summed E-state index contributed by atoms with van der Waals surface area (Å²) in [6.07, 6.45) is 5.54. The van der Waals surface area contributed by atoms with Crippen molar-refractivity contribution in [1.82, 2.24) is 10.2 Å². The van der Waals surface area contributed by atoms with Crippen molar-refractivity contribution in [3.8, 4) is 0 Å². The van der Waals surface area contributed by atoms with Gasteiger partial charge in [-0.05, 0) is 58.9 Å². The molecule has 23 heavy (non-hydrogen) atoms. The fourth-order valence-corrected chi connectivity index (χ4v) is 2.71. The van der Waals surface area contributed by atoms with Gasteiger partial charge in [-0.3, -0.25) is 14.7 Å². The molecule has 0 saturated carbocycles. The lowest BCUT2D eigenvalue weighted by molar-refractivity contribution is -0.116. The molecule has 5 nitrogen and oxygen atoms in total. The molecule has 1 aliphatic rings. The summed E-state index contributed by atoms with van der Waals surface area (Å²) in [7, 11) is 0. The number of H-pyrrole nitrogens is 1. The summed E-state index contributed by atoms with van der Waals surface area (Å²) >= 11 is 0. The van der Waals surface area contributed by atoms with Crippen molar-refractivity contribution < 1.29 is 14.7 Å². The van der Waals surface area contributed by atoms with Gasteiger partial charge in [0, 0.05) is 28.5 Å². The molecule has 0 unspecified atom stereocenters. The second-order valence-corrected chi connectivity index (χ2v) is 6.78. The van der Waals surface area contributed by atoms with Gasteiger partial charge in [0.2, 0.25) is 0 Å². The van der Waals surface area contributed by atoms with Crippen LogP contribution < -0.4 is 0 Å². The van der Waals surface area contributed by atoms with Gasteiger partial charge in [-0.25, -0.2) is 0 Å². The largest absolute Gasteiger partial charge is 0.390 e. The van der Waals surface area contributed by atoms with Gasteiger partial charge >= 0.3 is 0 Å². The van der Waals surface area contributed by atoms with Crippen molar-refractivity contribution in [3.63, 3.8) is 0 Å². The number of hydrogen-bond donors (Lipinski definition) is 2. The van der Waals surface area contributed by atoms with Crippen molar-refractivity contribution in [3.05, 3.63) is 40.2 Å². The van der Waals surface area contributed by atoms with Gasteiger partial charge in [0.15, 0.2) is 11.6 Å². The SMILES string of the molecule is CC1=C(C)C(=O)C(CCC(C)(C)O)=C(CCc2cn[nH]c2)C1=O. The smallest absolute Gasteiger partial charge is 0.185 e. The van der Waals surface area contributed by atoms with E-state index in [0.29, 0.717) is 48.0 Å². The number of carbonyl (C=O) groups is 2. The van der Waals surface area contributed by atoms with Gasteiger partial charge in [0.05, 0.1) is 11.8 Å².